The molecule has 0 amide bonds. The lowest BCUT2D eigenvalue weighted by molar-refractivity contribution is -0.157. The molecule has 3 aliphatic rings. The Morgan fingerprint density at radius 2 is 1.56 bits per heavy atom. The van der Waals surface area contributed by atoms with Crippen molar-refractivity contribution >= 4 is 60.5 Å². The average Bonchev–Trinajstić information content (AvgIpc) is 3.73. The number of nitrogens with zero attached hydrogens (tertiary/aromatic N) is 8. The minimum atomic E-state index is -3.97. The fourth-order valence-corrected chi connectivity index (χ4v) is 7.27. The second-order valence-corrected chi connectivity index (χ2v) is 14.0. The maximum atomic E-state index is 15.9. The summed E-state index contributed by atoms with van der Waals surface area (Å²) < 4.78 is 80.5. The Bertz CT molecular complexity index is 1770. The Morgan fingerprint density at radius 1 is 0.930 bits per heavy atom. The normalized spacial score (nSPS) is 36.3. The van der Waals surface area contributed by atoms with Crippen molar-refractivity contribution in [3.8, 4) is 0 Å². The van der Waals surface area contributed by atoms with Gasteiger partial charge in [-0.2, -0.15) is 0 Å². The molecule has 43 heavy (non-hydrogen) atoms. The summed E-state index contributed by atoms with van der Waals surface area (Å²) in [5.74, 6) is 0.131. The maximum Gasteiger partial charge on any atom is 0.698 e. The van der Waals surface area contributed by atoms with E-state index in [0.29, 0.717) is 0 Å². The molecule has 228 valence electrons. The molecule has 5 N–H and O–H groups in total. The van der Waals surface area contributed by atoms with Gasteiger partial charge in [0.15, 0.2) is 60.1 Å². The van der Waals surface area contributed by atoms with Crippen LogP contribution in [0.5, 0.6) is 0 Å². The Hall–Kier alpha value is -2.97. The van der Waals surface area contributed by atoms with Gasteiger partial charge in [-0.3, -0.25) is 9.13 Å². The zero-order chi connectivity index (χ0) is 30.0. The Morgan fingerprint density at radius 3 is 2.21 bits per heavy atom. The fourth-order valence-electron chi connectivity index (χ4n) is 5.01. The first kappa shape index (κ1) is 28.8. The van der Waals surface area contributed by atoms with Gasteiger partial charge in [-0.15, -0.1) is 9.05 Å². The van der Waals surface area contributed by atoms with E-state index in [2.05, 4.69) is 29.9 Å². The predicted molar refractivity (Wildman–Crippen MR) is 143 cm³/mol. The lowest BCUT2D eigenvalue weighted by Crippen LogP contribution is -2.34. The SMILES string of the molecule is Nc1ncnc2c1ncn2[C@@H]1O[C@@H]2CO[P+](=O)O[C@@H]3[C@H](F)[C@@H](OCP(O)(=S)O[C@H]2[C@H]1F)O[C@H]3n1cnc2c(N)ncnc21. The van der Waals surface area contributed by atoms with Crippen molar-refractivity contribution in [2.75, 3.05) is 24.4 Å². The summed E-state index contributed by atoms with van der Waals surface area (Å²) in [6, 6.07) is 0. The highest BCUT2D eigenvalue weighted by molar-refractivity contribution is 8.09. The molecule has 2 unspecified atom stereocenters. The van der Waals surface area contributed by atoms with Gasteiger partial charge in [0.05, 0.1) is 12.7 Å². The maximum absolute atomic E-state index is 15.9. The van der Waals surface area contributed by atoms with E-state index in [1.165, 1.54) is 34.4 Å². The lowest BCUT2D eigenvalue weighted by Gasteiger charge is -2.25. The van der Waals surface area contributed by atoms with Gasteiger partial charge in [0.2, 0.25) is 6.49 Å². The zero-order valence-electron chi connectivity index (χ0n) is 21.4. The molecule has 0 spiro atoms. The van der Waals surface area contributed by atoms with Crippen LogP contribution in [-0.2, 0) is 44.2 Å². The summed E-state index contributed by atoms with van der Waals surface area (Å²) in [5, 5.41) is 0. The van der Waals surface area contributed by atoms with Gasteiger partial charge >= 0.3 is 8.25 Å². The molecular weight excluding hydrogens is 640 g/mol. The Labute approximate surface area is 244 Å². The quantitative estimate of drug-likeness (QED) is 0.254. The third-order valence-corrected chi connectivity index (χ3v) is 9.36. The number of fused-ring (bicyclic) bond motifs is 5. The molecule has 4 aromatic heterocycles. The van der Waals surface area contributed by atoms with Crippen molar-refractivity contribution < 1.29 is 46.0 Å². The van der Waals surface area contributed by atoms with E-state index in [1.807, 2.05) is 0 Å². The number of imidazole rings is 2. The molecule has 0 saturated carbocycles. The van der Waals surface area contributed by atoms with Crippen molar-refractivity contribution in [2.45, 2.75) is 49.4 Å². The number of halogens is 2. The average molecular weight is 661 g/mol. The molecule has 3 aliphatic heterocycles. The van der Waals surface area contributed by atoms with Crippen LogP contribution in [0.1, 0.15) is 12.5 Å². The summed E-state index contributed by atoms with van der Waals surface area (Å²) in [4.78, 5) is 35.1. The van der Waals surface area contributed by atoms with Crippen LogP contribution in [-0.4, -0.2) is 93.8 Å². The van der Waals surface area contributed by atoms with E-state index in [9.17, 15) is 9.46 Å². The molecule has 3 fully saturated rings. The molecule has 23 heteroatoms. The number of alkyl halides is 2. The summed E-state index contributed by atoms with van der Waals surface area (Å²) in [6.45, 7) is -4.53. The summed E-state index contributed by atoms with van der Waals surface area (Å²) in [5.41, 5.74) is 12.5. The van der Waals surface area contributed by atoms with Crippen molar-refractivity contribution in [3.05, 3.63) is 25.3 Å². The third kappa shape index (κ3) is 5.04. The third-order valence-electron chi connectivity index (χ3n) is 6.96. The molecule has 2 bridgehead atoms. The number of hydrogen-bond acceptors (Lipinski definition) is 16. The largest absolute Gasteiger partial charge is 0.698 e. The van der Waals surface area contributed by atoms with Gasteiger partial charge in [0.25, 0.3) is 0 Å². The molecule has 0 radical (unpaired) electrons. The molecule has 4 aromatic rings. The molecular formula is C20H21F2N10O8P2S+. The van der Waals surface area contributed by atoms with Crippen molar-refractivity contribution in [2.24, 2.45) is 0 Å². The van der Waals surface area contributed by atoms with Gasteiger partial charge in [0, 0.05) is 4.57 Å². The van der Waals surface area contributed by atoms with Gasteiger partial charge < -0.3 is 35.1 Å². The summed E-state index contributed by atoms with van der Waals surface area (Å²) >= 11 is 5.22. The molecule has 10 atom stereocenters. The highest BCUT2D eigenvalue weighted by Gasteiger charge is 2.56. The van der Waals surface area contributed by atoms with Crippen LogP contribution in [0.25, 0.3) is 22.3 Å². The van der Waals surface area contributed by atoms with Crippen LogP contribution in [0.4, 0.5) is 20.4 Å². The topological polar surface area (TPSA) is 232 Å². The highest BCUT2D eigenvalue weighted by Crippen LogP contribution is 2.51. The van der Waals surface area contributed by atoms with Crippen LogP contribution < -0.4 is 11.5 Å². The number of aromatic nitrogens is 8. The van der Waals surface area contributed by atoms with Crippen LogP contribution in [0.3, 0.4) is 0 Å². The number of nitrogens with two attached hydrogens (primary N) is 2. The molecule has 18 nitrogen and oxygen atoms in total. The molecule has 0 aromatic carbocycles. The van der Waals surface area contributed by atoms with E-state index >= 15 is 8.78 Å². The Kier molecular flexibility index (Phi) is 7.28. The monoisotopic (exact) mass is 661 g/mol. The number of anilines is 2. The summed E-state index contributed by atoms with van der Waals surface area (Å²) in [6.07, 6.45) is -8.65. The first-order valence-corrected chi connectivity index (χ1v) is 16.4. The second-order valence-electron chi connectivity index (χ2n) is 9.61. The minimum absolute atomic E-state index is 0.0636. The van der Waals surface area contributed by atoms with E-state index in [-0.39, 0.29) is 34.0 Å². The smallest absolute Gasteiger partial charge is 0.382 e. The van der Waals surface area contributed by atoms with E-state index in [1.54, 1.807) is 0 Å². The van der Waals surface area contributed by atoms with Crippen molar-refractivity contribution in [1.29, 1.82) is 0 Å². The molecule has 3 saturated heterocycles. The standard InChI is InChI=1S/C20H20F2N10O8P2S/c21-8-12-7(37-18(8)31-4-29-10-14(23)25-2-27-16(10)31)1-36-41(33)39-13-9(22)20(35-6-42(34,43)40-12)38-19(13)32-5-30-11-15(24)26-3-28-17(11)32/h2-5,7-9,12-13,18-20H,1,6H2,(H4-,23,24,25,26,27,28,34,43)/p+1/t7-,8-,9+,12-,13-,18-,19-,20+,42?/m1/s1. The first-order chi connectivity index (χ1) is 20.6. The van der Waals surface area contributed by atoms with Crippen LogP contribution in [0, 0.1) is 0 Å². The Balaban J connectivity index is 1.18. The van der Waals surface area contributed by atoms with Crippen molar-refractivity contribution in [1.82, 2.24) is 39.0 Å². The van der Waals surface area contributed by atoms with E-state index in [4.69, 9.17) is 51.1 Å². The number of rotatable bonds is 2. The number of hydrogen-bond donors (Lipinski definition) is 3. The van der Waals surface area contributed by atoms with Gasteiger partial charge in [-0.1, -0.05) is 0 Å². The van der Waals surface area contributed by atoms with Gasteiger partial charge in [-0.25, -0.2) is 38.7 Å². The van der Waals surface area contributed by atoms with Gasteiger partial charge in [0.1, 0.15) is 48.9 Å². The van der Waals surface area contributed by atoms with Crippen molar-refractivity contribution in [3.63, 3.8) is 0 Å². The van der Waals surface area contributed by atoms with Crippen LogP contribution in [0.2, 0.25) is 0 Å². The highest BCUT2D eigenvalue weighted by atomic mass is 32.5. The van der Waals surface area contributed by atoms with Crippen LogP contribution in [0.15, 0.2) is 25.3 Å². The molecule has 0 aliphatic carbocycles. The molecule has 7 rings (SSSR count). The predicted octanol–water partition coefficient (Wildman–Crippen LogP) is 0.993. The first-order valence-electron chi connectivity index (χ1n) is 12.4. The van der Waals surface area contributed by atoms with E-state index in [0.717, 1.165) is 0 Å². The summed E-state index contributed by atoms with van der Waals surface area (Å²) in [7, 11) is -3.05. The fraction of sp³-hybridized carbons (Fsp3) is 0.500. The lowest BCUT2D eigenvalue weighted by atomic mass is 10.1. The zero-order valence-corrected chi connectivity index (χ0v) is 24.0. The van der Waals surface area contributed by atoms with Gasteiger partial charge in [-0.05, 0) is 11.8 Å². The second kappa shape index (κ2) is 10.9. The van der Waals surface area contributed by atoms with Crippen LogP contribution >= 0.6 is 14.7 Å². The number of nitrogen functional groups attached to an aromatic ring is 2. The molecule has 7 heterocycles. The number of ether oxygens (including phenoxy) is 3. The minimum Gasteiger partial charge on any atom is -0.382 e. The van der Waals surface area contributed by atoms with E-state index < -0.39 is 77.1 Å².